The van der Waals surface area contributed by atoms with Crippen molar-refractivity contribution in [3.63, 3.8) is 0 Å². The Bertz CT molecular complexity index is 589. The van der Waals surface area contributed by atoms with Gasteiger partial charge in [-0.15, -0.1) is 0 Å². The van der Waals surface area contributed by atoms with E-state index >= 15 is 0 Å². The molecule has 2 atom stereocenters. The molecule has 2 aromatic rings. The van der Waals surface area contributed by atoms with Gasteiger partial charge >= 0.3 is 0 Å². The molecule has 0 radical (unpaired) electrons. The third-order valence-corrected chi connectivity index (χ3v) is 5.09. The van der Waals surface area contributed by atoms with E-state index in [9.17, 15) is 0 Å². The Morgan fingerprint density at radius 2 is 2.20 bits per heavy atom. The maximum Gasteiger partial charge on any atom is 0.0457 e. The van der Waals surface area contributed by atoms with E-state index in [-0.39, 0.29) is 0 Å². The summed E-state index contributed by atoms with van der Waals surface area (Å²) in [7, 11) is 0. The molecule has 2 fully saturated rings. The van der Waals surface area contributed by atoms with Gasteiger partial charge in [0.1, 0.15) is 0 Å². The van der Waals surface area contributed by atoms with Crippen LogP contribution in [0.15, 0.2) is 30.5 Å². The lowest BCUT2D eigenvalue weighted by Gasteiger charge is -2.35. The molecule has 2 aliphatic rings. The van der Waals surface area contributed by atoms with Crippen LogP contribution in [0.2, 0.25) is 0 Å². The van der Waals surface area contributed by atoms with Crippen LogP contribution in [0.1, 0.15) is 31.2 Å². The Morgan fingerprint density at radius 3 is 3.20 bits per heavy atom. The van der Waals surface area contributed by atoms with E-state index in [1.54, 1.807) is 0 Å². The van der Waals surface area contributed by atoms with E-state index < -0.39 is 0 Å². The SMILES string of the molecule is c1cc(CNC2CCN3CCCC3C2)c2cc[nH]c2c1. The van der Waals surface area contributed by atoms with E-state index in [4.69, 9.17) is 0 Å². The van der Waals surface area contributed by atoms with Crippen molar-refractivity contribution in [3.05, 3.63) is 36.0 Å². The molecule has 1 aromatic carbocycles. The summed E-state index contributed by atoms with van der Waals surface area (Å²) in [6.45, 7) is 3.61. The number of piperidine rings is 1. The van der Waals surface area contributed by atoms with Crippen molar-refractivity contribution < 1.29 is 0 Å². The van der Waals surface area contributed by atoms with E-state index in [2.05, 4.69) is 39.5 Å². The Morgan fingerprint density at radius 1 is 1.20 bits per heavy atom. The second-order valence-corrected chi connectivity index (χ2v) is 6.29. The topological polar surface area (TPSA) is 31.1 Å². The van der Waals surface area contributed by atoms with Crippen molar-refractivity contribution >= 4 is 10.9 Å². The molecule has 2 N–H and O–H groups in total. The maximum atomic E-state index is 3.79. The predicted molar refractivity (Wildman–Crippen MR) is 82.8 cm³/mol. The zero-order chi connectivity index (χ0) is 13.4. The third-order valence-electron chi connectivity index (χ3n) is 5.09. The largest absolute Gasteiger partial charge is 0.361 e. The highest BCUT2D eigenvalue weighted by molar-refractivity contribution is 5.82. The molecule has 3 heteroatoms. The van der Waals surface area contributed by atoms with Crippen molar-refractivity contribution in [1.29, 1.82) is 0 Å². The fraction of sp³-hybridized carbons (Fsp3) is 0.529. The van der Waals surface area contributed by atoms with Crippen LogP contribution in [-0.4, -0.2) is 35.1 Å². The number of fused-ring (bicyclic) bond motifs is 2. The number of nitrogens with one attached hydrogen (secondary N) is 2. The molecular weight excluding hydrogens is 246 g/mol. The molecule has 20 heavy (non-hydrogen) atoms. The average Bonchev–Trinajstić information content (AvgIpc) is 3.13. The van der Waals surface area contributed by atoms with Crippen LogP contribution in [-0.2, 0) is 6.54 Å². The van der Waals surface area contributed by atoms with E-state index in [0.29, 0.717) is 6.04 Å². The van der Waals surface area contributed by atoms with Crippen LogP contribution in [0.25, 0.3) is 10.9 Å². The van der Waals surface area contributed by atoms with Crippen LogP contribution in [0.5, 0.6) is 0 Å². The van der Waals surface area contributed by atoms with E-state index in [1.807, 2.05) is 6.20 Å². The van der Waals surface area contributed by atoms with Crippen molar-refractivity contribution in [2.24, 2.45) is 0 Å². The first-order valence-electron chi connectivity index (χ1n) is 7.92. The summed E-state index contributed by atoms with van der Waals surface area (Å²) in [5.41, 5.74) is 2.66. The molecule has 2 aliphatic heterocycles. The van der Waals surface area contributed by atoms with Gasteiger partial charge in [-0.3, -0.25) is 0 Å². The second kappa shape index (κ2) is 5.23. The van der Waals surface area contributed by atoms with Gasteiger partial charge in [-0.2, -0.15) is 0 Å². The van der Waals surface area contributed by atoms with Gasteiger partial charge in [0.2, 0.25) is 0 Å². The predicted octanol–water partition coefficient (Wildman–Crippen LogP) is 2.88. The number of aromatic nitrogens is 1. The van der Waals surface area contributed by atoms with E-state index in [1.165, 1.54) is 55.2 Å². The molecule has 1 aromatic heterocycles. The minimum Gasteiger partial charge on any atom is -0.361 e. The molecule has 0 spiro atoms. The lowest BCUT2D eigenvalue weighted by atomic mass is 9.97. The lowest BCUT2D eigenvalue weighted by Crippen LogP contribution is -2.45. The zero-order valence-electron chi connectivity index (χ0n) is 11.9. The van der Waals surface area contributed by atoms with Gasteiger partial charge in [-0.1, -0.05) is 12.1 Å². The van der Waals surface area contributed by atoms with Crippen LogP contribution in [0.4, 0.5) is 0 Å². The molecular formula is C17H23N3. The Kier molecular flexibility index (Phi) is 3.25. The number of aromatic amines is 1. The van der Waals surface area contributed by atoms with Crippen LogP contribution >= 0.6 is 0 Å². The second-order valence-electron chi connectivity index (χ2n) is 6.29. The normalized spacial score (nSPS) is 27.0. The minimum absolute atomic E-state index is 0.698. The van der Waals surface area contributed by atoms with Crippen molar-refractivity contribution in [1.82, 2.24) is 15.2 Å². The van der Waals surface area contributed by atoms with Gasteiger partial charge in [0.15, 0.2) is 0 Å². The molecule has 4 rings (SSSR count). The molecule has 0 amide bonds. The highest BCUT2D eigenvalue weighted by Crippen LogP contribution is 2.27. The first-order valence-corrected chi connectivity index (χ1v) is 7.92. The zero-order valence-corrected chi connectivity index (χ0v) is 11.9. The Balaban J connectivity index is 1.42. The number of hydrogen-bond donors (Lipinski definition) is 2. The number of rotatable bonds is 3. The van der Waals surface area contributed by atoms with Gasteiger partial charge in [0.05, 0.1) is 0 Å². The van der Waals surface area contributed by atoms with Gasteiger partial charge in [-0.05, 0) is 56.5 Å². The van der Waals surface area contributed by atoms with Crippen LogP contribution < -0.4 is 5.32 Å². The molecule has 2 unspecified atom stereocenters. The first-order chi connectivity index (χ1) is 9.90. The van der Waals surface area contributed by atoms with Gasteiger partial charge in [0, 0.05) is 35.7 Å². The summed E-state index contributed by atoms with van der Waals surface area (Å²) in [5.74, 6) is 0. The molecule has 106 valence electrons. The summed E-state index contributed by atoms with van der Waals surface area (Å²) >= 11 is 0. The number of H-pyrrole nitrogens is 1. The molecule has 0 aliphatic carbocycles. The highest BCUT2D eigenvalue weighted by atomic mass is 15.2. The maximum absolute atomic E-state index is 3.79. The Hall–Kier alpha value is -1.32. The summed E-state index contributed by atoms with van der Waals surface area (Å²) in [5, 5.41) is 5.15. The standard InChI is InChI=1S/C17H23N3/c1-3-13(16-6-8-18-17(16)5-1)12-19-14-7-10-20-9-2-4-15(20)11-14/h1,3,5-6,8,14-15,18-19H,2,4,7,9-12H2. The molecule has 3 nitrogen and oxygen atoms in total. The highest BCUT2D eigenvalue weighted by Gasteiger charge is 2.31. The van der Waals surface area contributed by atoms with Crippen molar-refractivity contribution in [2.75, 3.05) is 13.1 Å². The first kappa shape index (κ1) is 12.4. The quantitative estimate of drug-likeness (QED) is 0.897. The number of hydrogen-bond acceptors (Lipinski definition) is 2. The minimum atomic E-state index is 0.698. The monoisotopic (exact) mass is 269 g/mol. The third kappa shape index (κ3) is 2.25. The van der Waals surface area contributed by atoms with Gasteiger partial charge in [-0.25, -0.2) is 0 Å². The molecule has 3 heterocycles. The number of benzene rings is 1. The fourth-order valence-corrected chi connectivity index (χ4v) is 3.97. The summed E-state index contributed by atoms with van der Waals surface area (Å²) in [6.07, 6.45) is 7.49. The summed E-state index contributed by atoms with van der Waals surface area (Å²) < 4.78 is 0. The fourth-order valence-electron chi connectivity index (χ4n) is 3.97. The van der Waals surface area contributed by atoms with Crippen molar-refractivity contribution in [3.8, 4) is 0 Å². The van der Waals surface area contributed by atoms with E-state index in [0.717, 1.165) is 12.6 Å². The molecule has 0 saturated carbocycles. The summed E-state index contributed by atoms with van der Waals surface area (Å²) in [4.78, 5) is 5.98. The smallest absolute Gasteiger partial charge is 0.0457 e. The lowest BCUT2D eigenvalue weighted by molar-refractivity contribution is 0.166. The Labute approximate surface area is 120 Å². The van der Waals surface area contributed by atoms with Gasteiger partial charge in [0.25, 0.3) is 0 Å². The van der Waals surface area contributed by atoms with Gasteiger partial charge < -0.3 is 15.2 Å². The summed E-state index contributed by atoms with van der Waals surface area (Å²) in [6, 6.07) is 10.3. The van der Waals surface area contributed by atoms with Crippen molar-refractivity contribution in [2.45, 2.75) is 44.3 Å². The number of nitrogens with zero attached hydrogens (tertiary/aromatic N) is 1. The van der Waals surface area contributed by atoms with Crippen LogP contribution in [0.3, 0.4) is 0 Å². The molecule has 0 bridgehead atoms. The molecule has 2 saturated heterocycles. The van der Waals surface area contributed by atoms with Crippen LogP contribution in [0, 0.1) is 0 Å². The average molecular weight is 269 g/mol.